The number of nitrogens with one attached hydrogen (secondary N) is 1. The van der Waals surface area contributed by atoms with Gasteiger partial charge in [-0.15, -0.1) is 0 Å². The van der Waals surface area contributed by atoms with Crippen molar-refractivity contribution in [2.75, 3.05) is 16.8 Å². The number of carbonyl (C=O) groups is 1. The van der Waals surface area contributed by atoms with E-state index in [-0.39, 0.29) is 0 Å². The SMILES string of the molecule is O=CN(Cc1cccnc1)c1ccc(-c2ccccc2)nc1NCCc1cccc(C(F)(F)F)c1. The lowest BCUT2D eigenvalue weighted by Gasteiger charge is -2.21. The fourth-order valence-corrected chi connectivity index (χ4v) is 3.68. The van der Waals surface area contributed by atoms with Crippen molar-refractivity contribution < 1.29 is 18.0 Å². The minimum atomic E-state index is -4.39. The maximum Gasteiger partial charge on any atom is 0.416 e. The smallest absolute Gasteiger partial charge is 0.368 e. The number of amides is 1. The van der Waals surface area contributed by atoms with Crippen molar-refractivity contribution in [1.82, 2.24) is 9.97 Å². The zero-order valence-corrected chi connectivity index (χ0v) is 18.7. The Morgan fingerprint density at radius 1 is 0.914 bits per heavy atom. The fraction of sp³-hybridized carbons (Fsp3) is 0.148. The van der Waals surface area contributed by atoms with Gasteiger partial charge in [0.15, 0.2) is 5.82 Å². The van der Waals surface area contributed by atoms with Gasteiger partial charge in [0.05, 0.1) is 23.5 Å². The number of rotatable bonds is 9. The quantitative estimate of drug-likeness (QED) is 0.302. The molecule has 8 heteroatoms. The summed E-state index contributed by atoms with van der Waals surface area (Å²) in [6.07, 6.45) is 0.0299. The lowest BCUT2D eigenvalue weighted by Crippen LogP contribution is -2.23. The number of alkyl halides is 3. The number of hydrogen-bond donors (Lipinski definition) is 1. The van der Waals surface area contributed by atoms with Gasteiger partial charge >= 0.3 is 6.18 Å². The van der Waals surface area contributed by atoms with Crippen molar-refractivity contribution in [2.45, 2.75) is 19.1 Å². The minimum absolute atomic E-state index is 0.298. The molecular formula is C27H23F3N4O. The second-order valence-electron chi connectivity index (χ2n) is 7.90. The molecule has 2 aromatic heterocycles. The van der Waals surface area contributed by atoms with Gasteiger partial charge in [-0.2, -0.15) is 13.2 Å². The molecule has 0 atom stereocenters. The number of anilines is 2. The second kappa shape index (κ2) is 10.8. The van der Waals surface area contributed by atoms with Crippen molar-refractivity contribution in [2.24, 2.45) is 0 Å². The molecular weight excluding hydrogens is 453 g/mol. The van der Waals surface area contributed by atoms with Crippen LogP contribution in [0.1, 0.15) is 16.7 Å². The van der Waals surface area contributed by atoms with Crippen LogP contribution in [-0.4, -0.2) is 22.9 Å². The van der Waals surface area contributed by atoms with E-state index >= 15 is 0 Å². The van der Waals surface area contributed by atoms with Gasteiger partial charge in [0.25, 0.3) is 0 Å². The Morgan fingerprint density at radius 3 is 2.43 bits per heavy atom. The molecule has 0 unspecified atom stereocenters. The first kappa shape index (κ1) is 23.9. The van der Waals surface area contributed by atoms with Crippen molar-refractivity contribution in [3.8, 4) is 11.3 Å². The largest absolute Gasteiger partial charge is 0.416 e. The molecule has 5 nitrogen and oxygen atoms in total. The summed E-state index contributed by atoms with van der Waals surface area (Å²) in [7, 11) is 0. The third kappa shape index (κ3) is 6.23. The van der Waals surface area contributed by atoms with Crippen LogP contribution in [0.2, 0.25) is 0 Å². The van der Waals surface area contributed by atoms with E-state index in [0.717, 1.165) is 29.7 Å². The maximum atomic E-state index is 13.1. The Hall–Kier alpha value is -4.20. The van der Waals surface area contributed by atoms with Gasteiger partial charge in [-0.05, 0) is 41.8 Å². The van der Waals surface area contributed by atoms with Gasteiger partial charge < -0.3 is 10.2 Å². The van der Waals surface area contributed by atoms with Gasteiger partial charge in [-0.25, -0.2) is 4.98 Å². The average molecular weight is 477 g/mol. The maximum absolute atomic E-state index is 13.1. The normalized spacial score (nSPS) is 11.2. The number of hydrogen-bond acceptors (Lipinski definition) is 4. The van der Waals surface area contributed by atoms with E-state index in [1.165, 1.54) is 11.0 Å². The standard InChI is InChI=1S/C27H23F3N4O/c28-27(29,30)23-10-4-6-20(16-23)13-15-32-26-25(34(19-35)18-21-7-5-14-31-17-21)12-11-24(33-26)22-8-2-1-3-9-22/h1-12,14,16-17,19H,13,15,18H2,(H,32,33). The number of halogens is 3. The van der Waals surface area contributed by atoms with Crippen LogP contribution in [0, 0.1) is 0 Å². The van der Waals surface area contributed by atoms with Crippen molar-refractivity contribution in [3.05, 3.63) is 108 Å². The monoisotopic (exact) mass is 476 g/mol. The number of aromatic nitrogens is 2. The molecule has 0 aliphatic carbocycles. The molecule has 0 aliphatic rings. The van der Waals surface area contributed by atoms with E-state index in [2.05, 4.69) is 10.3 Å². The first-order valence-electron chi connectivity index (χ1n) is 11.0. The van der Waals surface area contributed by atoms with Gasteiger partial charge in [0.1, 0.15) is 0 Å². The highest BCUT2D eigenvalue weighted by molar-refractivity contribution is 5.83. The zero-order valence-electron chi connectivity index (χ0n) is 18.7. The molecule has 4 rings (SSSR count). The summed E-state index contributed by atoms with van der Waals surface area (Å²) >= 11 is 0. The van der Waals surface area contributed by atoms with Crippen LogP contribution in [0.25, 0.3) is 11.3 Å². The van der Waals surface area contributed by atoms with E-state index < -0.39 is 11.7 Å². The zero-order chi connectivity index (χ0) is 24.7. The molecule has 4 aromatic rings. The molecule has 2 heterocycles. The Balaban J connectivity index is 1.59. The third-order valence-electron chi connectivity index (χ3n) is 5.42. The van der Waals surface area contributed by atoms with Crippen LogP contribution in [0.4, 0.5) is 24.7 Å². The Kier molecular flexibility index (Phi) is 7.40. The van der Waals surface area contributed by atoms with Crippen LogP contribution in [0.15, 0.2) is 91.3 Å². The molecule has 178 valence electrons. The number of carbonyl (C=O) groups excluding carboxylic acids is 1. The molecule has 0 saturated heterocycles. The predicted molar refractivity (Wildman–Crippen MR) is 130 cm³/mol. The van der Waals surface area contributed by atoms with E-state index in [1.807, 2.05) is 48.5 Å². The lowest BCUT2D eigenvalue weighted by atomic mass is 10.1. The molecule has 0 fully saturated rings. The van der Waals surface area contributed by atoms with E-state index in [4.69, 9.17) is 4.98 Å². The summed E-state index contributed by atoms with van der Waals surface area (Å²) in [6.45, 7) is 0.630. The fourth-order valence-electron chi connectivity index (χ4n) is 3.68. The van der Waals surface area contributed by atoms with Gasteiger partial charge in [-0.1, -0.05) is 54.6 Å². The third-order valence-corrected chi connectivity index (χ3v) is 5.42. The summed E-state index contributed by atoms with van der Waals surface area (Å²) in [5.41, 5.74) is 2.90. The summed E-state index contributed by atoms with van der Waals surface area (Å²) in [5.74, 6) is 0.467. The first-order valence-corrected chi connectivity index (χ1v) is 11.0. The van der Waals surface area contributed by atoms with E-state index in [9.17, 15) is 18.0 Å². The average Bonchev–Trinajstić information content (AvgIpc) is 2.88. The molecule has 0 saturated carbocycles. The van der Waals surface area contributed by atoms with Gasteiger partial charge in [0, 0.05) is 24.5 Å². The Labute approximate surface area is 201 Å². The van der Waals surface area contributed by atoms with Gasteiger partial charge in [-0.3, -0.25) is 9.78 Å². The summed E-state index contributed by atoms with van der Waals surface area (Å²) in [5, 5.41) is 3.22. The van der Waals surface area contributed by atoms with E-state index in [0.29, 0.717) is 42.3 Å². The number of nitrogens with zero attached hydrogens (tertiary/aromatic N) is 3. The van der Waals surface area contributed by atoms with Crippen molar-refractivity contribution in [3.63, 3.8) is 0 Å². The first-order chi connectivity index (χ1) is 16.9. The molecule has 0 aliphatic heterocycles. The van der Waals surface area contributed by atoms with Crippen LogP contribution >= 0.6 is 0 Å². The molecule has 35 heavy (non-hydrogen) atoms. The minimum Gasteiger partial charge on any atom is -0.368 e. The number of pyridine rings is 2. The highest BCUT2D eigenvalue weighted by Gasteiger charge is 2.30. The topological polar surface area (TPSA) is 58.1 Å². The van der Waals surface area contributed by atoms with E-state index in [1.54, 1.807) is 24.5 Å². The molecule has 0 spiro atoms. The molecule has 1 amide bonds. The van der Waals surface area contributed by atoms with Crippen LogP contribution in [-0.2, 0) is 23.9 Å². The second-order valence-corrected chi connectivity index (χ2v) is 7.90. The predicted octanol–water partition coefficient (Wildman–Crippen LogP) is 5.98. The van der Waals surface area contributed by atoms with Crippen LogP contribution in [0.5, 0.6) is 0 Å². The summed E-state index contributed by atoms with van der Waals surface area (Å²) in [6, 6.07) is 22.2. The molecule has 0 radical (unpaired) electrons. The molecule has 1 N–H and O–H groups in total. The van der Waals surface area contributed by atoms with Gasteiger partial charge in [0.2, 0.25) is 6.41 Å². The number of benzene rings is 2. The Bertz CT molecular complexity index is 1260. The molecule has 0 bridgehead atoms. The highest BCUT2D eigenvalue weighted by Crippen LogP contribution is 2.31. The summed E-state index contributed by atoms with van der Waals surface area (Å²) in [4.78, 5) is 22.3. The summed E-state index contributed by atoms with van der Waals surface area (Å²) < 4.78 is 39.2. The van der Waals surface area contributed by atoms with Crippen molar-refractivity contribution >= 4 is 17.9 Å². The molecule has 2 aromatic carbocycles. The van der Waals surface area contributed by atoms with Crippen LogP contribution in [0.3, 0.4) is 0 Å². The van der Waals surface area contributed by atoms with Crippen LogP contribution < -0.4 is 10.2 Å². The Morgan fingerprint density at radius 2 is 1.71 bits per heavy atom. The lowest BCUT2D eigenvalue weighted by molar-refractivity contribution is -0.137. The van der Waals surface area contributed by atoms with Crippen molar-refractivity contribution in [1.29, 1.82) is 0 Å². The highest BCUT2D eigenvalue weighted by atomic mass is 19.4.